The van der Waals surface area contributed by atoms with Crippen molar-refractivity contribution in [1.29, 1.82) is 0 Å². The summed E-state index contributed by atoms with van der Waals surface area (Å²) in [6.07, 6.45) is 1.21. The van der Waals surface area contributed by atoms with E-state index < -0.39 is 0 Å². The third-order valence-corrected chi connectivity index (χ3v) is 9.05. The average molecular weight is 661 g/mol. The molecular formula is C49H72. The summed E-state index contributed by atoms with van der Waals surface area (Å²) >= 11 is 0. The summed E-state index contributed by atoms with van der Waals surface area (Å²) in [4.78, 5) is 0. The van der Waals surface area contributed by atoms with E-state index in [0.717, 1.165) is 0 Å². The highest BCUT2D eigenvalue weighted by Gasteiger charge is 2.26. The van der Waals surface area contributed by atoms with Crippen LogP contribution in [0, 0.1) is 20.8 Å². The molecule has 3 atom stereocenters. The minimum Gasteiger partial charge on any atom is -0.0776 e. The maximum Gasteiger partial charge on any atom is 0.00734 e. The largest absolute Gasteiger partial charge is 0.0776 e. The van der Waals surface area contributed by atoms with Gasteiger partial charge in [-0.3, -0.25) is 0 Å². The van der Waals surface area contributed by atoms with Crippen LogP contribution in [-0.2, 0) is 0 Å². The summed E-state index contributed by atoms with van der Waals surface area (Å²) in [5.74, 6) is 1.75. The second-order valence-electron chi connectivity index (χ2n) is 12.0. The van der Waals surface area contributed by atoms with Gasteiger partial charge in [0.1, 0.15) is 0 Å². The fourth-order valence-electron chi connectivity index (χ4n) is 6.22. The molecule has 5 aromatic rings. The molecule has 49 heavy (non-hydrogen) atoms. The Hall–Kier alpha value is -3.90. The number of aryl methyl sites for hydroxylation is 3. The zero-order chi connectivity index (χ0) is 33.1. The van der Waals surface area contributed by atoms with Crippen LogP contribution >= 0.6 is 0 Å². The highest BCUT2D eigenvalue weighted by Crippen LogP contribution is 2.46. The van der Waals surface area contributed by atoms with Gasteiger partial charge < -0.3 is 0 Å². The lowest BCUT2D eigenvalue weighted by Crippen LogP contribution is -1.95. The van der Waals surface area contributed by atoms with Gasteiger partial charge in [-0.25, -0.2) is 0 Å². The minimum atomic E-state index is 0. The van der Waals surface area contributed by atoms with Crippen LogP contribution < -0.4 is 0 Å². The van der Waals surface area contributed by atoms with E-state index in [1.54, 1.807) is 0 Å². The van der Waals surface area contributed by atoms with Gasteiger partial charge in [0.15, 0.2) is 0 Å². The molecule has 7 rings (SSSR count). The fourth-order valence-corrected chi connectivity index (χ4v) is 6.22. The molecule has 5 aromatic carbocycles. The van der Waals surface area contributed by atoms with E-state index in [2.05, 4.69) is 158 Å². The van der Waals surface area contributed by atoms with Gasteiger partial charge in [-0.15, -0.1) is 0 Å². The molecule has 0 saturated carbocycles. The monoisotopic (exact) mass is 661 g/mol. The SMILES string of the molecule is C.C.C.C.CC.CC.CCC(C)c1ccc2c(c1)C(C)c1ccccc1-2.Cc1ccc(C)cc1.Cc1ccc2c(c1)-c1ccccc1C2C. The Bertz CT molecular complexity index is 1610. The fraction of sp³-hybridized carbons (Fsp3) is 0.388. The lowest BCUT2D eigenvalue weighted by Gasteiger charge is -2.13. The normalized spacial score (nSPS) is 13.8. The van der Waals surface area contributed by atoms with Crippen LogP contribution in [0.4, 0.5) is 0 Å². The molecule has 0 heterocycles. The van der Waals surface area contributed by atoms with Crippen molar-refractivity contribution < 1.29 is 0 Å². The van der Waals surface area contributed by atoms with Crippen LogP contribution in [0.3, 0.4) is 0 Å². The van der Waals surface area contributed by atoms with Crippen LogP contribution in [-0.4, -0.2) is 0 Å². The van der Waals surface area contributed by atoms with Crippen molar-refractivity contribution in [2.24, 2.45) is 0 Å². The molecule has 3 unspecified atom stereocenters. The summed E-state index contributed by atoms with van der Waals surface area (Å²) in [5.41, 5.74) is 17.1. The second kappa shape index (κ2) is 22.7. The molecule has 0 spiro atoms. The van der Waals surface area contributed by atoms with Gasteiger partial charge in [-0.1, -0.05) is 211 Å². The third kappa shape index (κ3) is 11.1. The summed E-state index contributed by atoms with van der Waals surface area (Å²) in [6.45, 7) is 23.5. The Morgan fingerprint density at radius 2 is 0.837 bits per heavy atom. The Morgan fingerprint density at radius 1 is 0.449 bits per heavy atom. The topological polar surface area (TPSA) is 0 Å². The number of rotatable bonds is 2. The van der Waals surface area contributed by atoms with E-state index >= 15 is 0 Å². The van der Waals surface area contributed by atoms with E-state index in [1.165, 1.54) is 73.2 Å². The van der Waals surface area contributed by atoms with Gasteiger partial charge in [-0.2, -0.15) is 0 Å². The molecule has 0 aromatic heterocycles. The predicted molar refractivity (Wildman–Crippen MR) is 228 cm³/mol. The Balaban J connectivity index is 0. The van der Waals surface area contributed by atoms with Crippen LogP contribution in [0.15, 0.2) is 109 Å². The molecule has 0 heteroatoms. The van der Waals surface area contributed by atoms with E-state index in [-0.39, 0.29) is 29.7 Å². The van der Waals surface area contributed by atoms with Crippen molar-refractivity contribution in [3.05, 3.63) is 154 Å². The predicted octanol–water partition coefficient (Wildman–Crippen LogP) is 16.4. The third-order valence-electron chi connectivity index (χ3n) is 9.05. The minimum absolute atomic E-state index is 0. The molecule has 0 bridgehead atoms. The Morgan fingerprint density at radius 3 is 1.33 bits per heavy atom. The van der Waals surface area contributed by atoms with Gasteiger partial charge in [0.2, 0.25) is 0 Å². The number of hydrogen-bond donors (Lipinski definition) is 0. The lowest BCUT2D eigenvalue weighted by atomic mass is 9.92. The smallest absolute Gasteiger partial charge is 0.00734 e. The van der Waals surface area contributed by atoms with Crippen LogP contribution in [0.2, 0.25) is 0 Å². The van der Waals surface area contributed by atoms with Gasteiger partial charge in [-0.05, 0) is 83.2 Å². The highest BCUT2D eigenvalue weighted by atomic mass is 14.3. The highest BCUT2D eigenvalue weighted by molar-refractivity contribution is 5.80. The van der Waals surface area contributed by atoms with Crippen LogP contribution in [0.25, 0.3) is 22.3 Å². The molecular weight excluding hydrogens is 589 g/mol. The van der Waals surface area contributed by atoms with E-state index in [0.29, 0.717) is 17.8 Å². The van der Waals surface area contributed by atoms with Crippen LogP contribution in [0.1, 0.15) is 154 Å². The molecule has 2 aliphatic rings. The summed E-state index contributed by atoms with van der Waals surface area (Å²) in [6, 6.07) is 39.9. The molecule has 0 saturated heterocycles. The Kier molecular flexibility index (Phi) is 21.9. The second-order valence-corrected chi connectivity index (χ2v) is 12.0. The standard InChI is InChI=1S/C18H20.C15H14.C8H10.2C2H6.4CH4/c1-4-12(2)14-9-10-17-16-8-6-5-7-15(16)13(3)18(17)11-14;1-10-7-8-13-11(2)12-5-3-4-6-14(12)15(13)9-10;1-7-3-5-8(2)6-4-7;2*1-2;;;;/h5-13H,4H2,1-3H3;3-9,11H,1-2H3;3-6H,1-2H3;2*1-2H3;4*1H4. The first-order valence-corrected chi connectivity index (χ1v) is 17.2. The van der Waals surface area contributed by atoms with Gasteiger partial charge >= 0.3 is 0 Å². The molecule has 2 aliphatic carbocycles. The van der Waals surface area contributed by atoms with E-state index in [1.807, 2.05) is 27.7 Å². The van der Waals surface area contributed by atoms with Crippen molar-refractivity contribution in [2.45, 2.75) is 130 Å². The number of hydrogen-bond acceptors (Lipinski definition) is 0. The van der Waals surface area contributed by atoms with Crippen molar-refractivity contribution in [3.63, 3.8) is 0 Å². The van der Waals surface area contributed by atoms with Crippen molar-refractivity contribution >= 4 is 0 Å². The Labute approximate surface area is 305 Å². The van der Waals surface area contributed by atoms with Crippen molar-refractivity contribution in [3.8, 4) is 22.3 Å². The zero-order valence-corrected chi connectivity index (χ0v) is 29.8. The summed E-state index contributed by atoms with van der Waals surface area (Å²) < 4.78 is 0. The zero-order valence-electron chi connectivity index (χ0n) is 29.8. The van der Waals surface area contributed by atoms with Crippen molar-refractivity contribution in [2.75, 3.05) is 0 Å². The molecule has 0 radical (unpaired) electrons. The van der Waals surface area contributed by atoms with Gasteiger partial charge in [0.05, 0.1) is 0 Å². The first-order valence-electron chi connectivity index (χ1n) is 17.2. The first-order chi connectivity index (χ1) is 21.8. The number of benzene rings is 5. The first kappa shape index (κ1) is 47.2. The average Bonchev–Trinajstić information content (AvgIpc) is 3.54. The van der Waals surface area contributed by atoms with Crippen molar-refractivity contribution in [1.82, 2.24) is 0 Å². The summed E-state index contributed by atoms with van der Waals surface area (Å²) in [7, 11) is 0. The molecule has 268 valence electrons. The summed E-state index contributed by atoms with van der Waals surface area (Å²) in [5, 5.41) is 0. The molecule has 0 aliphatic heterocycles. The molecule has 0 fully saturated rings. The van der Waals surface area contributed by atoms with E-state index in [4.69, 9.17) is 0 Å². The maximum absolute atomic E-state index is 2.42. The lowest BCUT2D eigenvalue weighted by molar-refractivity contribution is 0.731. The van der Waals surface area contributed by atoms with Gasteiger partial charge in [0.25, 0.3) is 0 Å². The molecule has 0 nitrogen and oxygen atoms in total. The quantitative estimate of drug-likeness (QED) is 0.177. The van der Waals surface area contributed by atoms with Gasteiger partial charge in [0, 0.05) is 11.8 Å². The van der Waals surface area contributed by atoms with Crippen LogP contribution in [0.5, 0.6) is 0 Å². The maximum atomic E-state index is 2.42. The van der Waals surface area contributed by atoms with E-state index in [9.17, 15) is 0 Å². The molecule has 0 N–H and O–H groups in total. The number of fused-ring (bicyclic) bond motifs is 6. The molecule has 0 amide bonds.